The van der Waals surface area contributed by atoms with Gasteiger partial charge in [-0.15, -0.1) is 5.10 Å². The predicted octanol–water partition coefficient (Wildman–Crippen LogP) is -2.10. The number of nitrogens with two attached hydrogens (primary N) is 1. The zero-order valence-electron chi connectivity index (χ0n) is 8.90. The summed E-state index contributed by atoms with van der Waals surface area (Å²) in [5.41, 5.74) is 0. The Kier molecular flexibility index (Phi) is 2.78. The monoisotopic (exact) mass is 275 g/mol. The Balaban J connectivity index is 2.24. The fourth-order valence-electron chi connectivity index (χ4n) is 1.56. The molecule has 1 atom stereocenters. The molecule has 1 aromatic rings. The van der Waals surface area contributed by atoms with Crippen molar-refractivity contribution in [1.82, 2.24) is 15.2 Å². The Morgan fingerprint density at radius 3 is 2.67 bits per heavy atom. The quantitative estimate of drug-likeness (QED) is 0.569. The number of carbonyl (C=O) groups is 2. The normalized spacial score (nSPS) is 20.4. The van der Waals surface area contributed by atoms with E-state index in [1.165, 1.54) is 0 Å². The molecule has 0 aliphatic carbocycles. The van der Waals surface area contributed by atoms with E-state index < -0.39 is 33.0 Å². The molecule has 18 heavy (non-hydrogen) atoms. The first-order valence-electron chi connectivity index (χ1n) is 4.76. The van der Waals surface area contributed by atoms with Crippen LogP contribution >= 0.6 is 0 Å². The molecule has 10 nitrogen and oxygen atoms in total. The highest BCUT2D eigenvalue weighted by Gasteiger charge is 2.38. The van der Waals surface area contributed by atoms with Crippen LogP contribution in [0.5, 0.6) is 0 Å². The molecule has 0 radical (unpaired) electrons. The van der Waals surface area contributed by atoms with Crippen molar-refractivity contribution in [3.05, 3.63) is 5.82 Å². The Morgan fingerprint density at radius 2 is 2.22 bits per heavy atom. The van der Waals surface area contributed by atoms with Crippen LogP contribution < -0.4 is 10.0 Å². The second-order valence-electron chi connectivity index (χ2n) is 3.71. The van der Waals surface area contributed by atoms with E-state index >= 15 is 0 Å². The van der Waals surface area contributed by atoms with E-state index in [0.717, 1.165) is 4.90 Å². The van der Waals surface area contributed by atoms with Gasteiger partial charge in [0.25, 0.3) is 5.95 Å². The summed E-state index contributed by atoms with van der Waals surface area (Å²) in [7, 11) is -3.83. The molecular formula is C7H9N5O5S. The third-order valence-corrected chi connectivity index (χ3v) is 3.72. The van der Waals surface area contributed by atoms with Crippen molar-refractivity contribution < 1.29 is 23.1 Å². The number of hydrogen-bond donors (Lipinski definition) is 3. The molecule has 1 amide bonds. The Labute approximate surface area is 101 Å². The van der Waals surface area contributed by atoms with Gasteiger partial charge in [0.05, 0.1) is 0 Å². The minimum Gasteiger partial charge on any atom is -0.475 e. The number of carbonyl (C=O) groups excluding carboxylic acids is 1. The topological polar surface area (TPSA) is 159 Å². The highest BCUT2D eigenvalue weighted by atomic mass is 32.2. The first kappa shape index (κ1) is 12.4. The molecule has 2 heterocycles. The van der Waals surface area contributed by atoms with Crippen molar-refractivity contribution in [3.63, 3.8) is 0 Å². The number of nitrogens with one attached hydrogen (secondary N) is 1. The highest BCUT2D eigenvalue weighted by Crippen LogP contribution is 2.20. The van der Waals surface area contributed by atoms with Crippen LogP contribution in [0.25, 0.3) is 0 Å². The predicted molar refractivity (Wildman–Crippen MR) is 57.2 cm³/mol. The molecule has 1 aliphatic rings. The zero-order chi connectivity index (χ0) is 13.5. The van der Waals surface area contributed by atoms with Crippen LogP contribution in [0, 0.1) is 0 Å². The molecule has 1 aliphatic heterocycles. The summed E-state index contributed by atoms with van der Waals surface area (Å²) in [6.07, 6.45) is -0.268. The molecule has 1 unspecified atom stereocenters. The van der Waals surface area contributed by atoms with Gasteiger partial charge in [0.2, 0.25) is 21.8 Å². The highest BCUT2D eigenvalue weighted by molar-refractivity contribution is 7.89. The lowest BCUT2D eigenvalue weighted by Gasteiger charge is -2.10. The van der Waals surface area contributed by atoms with Gasteiger partial charge in [0, 0.05) is 13.0 Å². The first-order chi connectivity index (χ1) is 8.29. The molecule has 4 N–H and O–H groups in total. The summed E-state index contributed by atoms with van der Waals surface area (Å²) >= 11 is 0. The minimum absolute atomic E-state index is 0.177. The van der Waals surface area contributed by atoms with Gasteiger partial charge in [-0.3, -0.25) is 14.8 Å². The molecular weight excluding hydrogens is 266 g/mol. The van der Waals surface area contributed by atoms with Crippen molar-refractivity contribution in [1.29, 1.82) is 0 Å². The van der Waals surface area contributed by atoms with Gasteiger partial charge in [-0.25, -0.2) is 18.4 Å². The van der Waals surface area contributed by atoms with E-state index in [2.05, 4.69) is 15.2 Å². The standard InChI is InChI=1S/C7H9N5O5S/c8-18(16,17)3-1-4(13)12(2-3)7-9-5(6(14)15)10-11-7/h3H,1-2H2,(H,14,15)(H2,8,16,17)(H,9,10,11). The molecule has 98 valence electrons. The SMILES string of the molecule is NS(=O)(=O)C1CC(=O)N(c2n[nH]c(C(=O)O)n2)C1. The maximum Gasteiger partial charge on any atom is 0.373 e. The fraction of sp³-hybridized carbons (Fsp3) is 0.429. The van der Waals surface area contributed by atoms with E-state index in [-0.39, 0.29) is 18.9 Å². The second-order valence-corrected chi connectivity index (χ2v) is 5.55. The van der Waals surface area contributed by atoms with Crippen LogP contribution in [0.1, 0.15) is 17.0 Å². The van der Waals surface area contributed by atoms with Gasteiger partial charge in [-0.2, -0.15) is 4.98 Å². The summed E-state index contributed by atoms with van der Waals surface area (Å²) in [5, 5.41) is 18.2. The van der Waals surface area contributed by atoms with Gasteiger partial charge in [0.1, 0.15) is 5.25 Å². The summed E-state index contributed by atoms with van der Waals surface area (Å²) in [6.45, 7) is -0.186. The molecule has 1 saturated heterocycles. The number of nitrogens with zero attached hydrogens (tertiary/aromatic N) is 3. The lowest BCUT2D eigenvalue weighted by atomic mass is 10.4. The van der Waals surface area contributed by atoms with Gasteiger partial charge in [-0.05, 0) is 0 Å². The fourth-order valence-corrected chi connectivity index (χ4v) is 2.29. The number of H-pyrrole nitrogens is 1. The third-order valence-electron chi connectivity index (χ3n) is 2.47. The Hall–Kier alpha value is -2.01. The van der Waals surface area contributed by atoms with Crippen molar-refractivity contribution in [3.8, 4) is 0 Å². The third kappa shape index (κ3) is 2.17. The smallest absolute Gasteiger partial charge is 0.373 e. The Morgan fingerprint density at radius 1 is 1.56 bits per heavy atom. The van der Waals surface area contributed by atoms with Crippen LogP contribution in [0.2, 0.25) is 0 Å². The summed E-state index contributed by atoms with van der Waals surface area (Å²) < 4.78 is 22.3. The van der Waals surface area contributed by atoms with E-state index in [0.29, 0.717) is 0 Å². The molecule has 0 saturated carbocycles. The van der Waals surface area contributed by atoms with Crippen LogP contribution in [0.3, 0.4) is 0 Å². The maximum atomic E-state index is 11.6. The molecule has 0 bridgehead atoms. The number of primary sulfonamides is 1. The molecule has 0 spiro atoms. The zero-order valence-corrected chi connectivity index (χ0v) is 9.72. The lowest BCUT2D eigenvalue weighted by molar-refractivity contribution is -0.117. The Bertz CT molecular complexity index is 607. The van der Waals surface area contributed by atoms with Crippen molar-refractivity contribution in [2.45, 2.75) is 11.7 Å². The molecule has 11 heteroatoms. The molecule has 1 fully saturated rings. The largest absolute Gasteiger partial charge is 0.475 e. The van der Waals surface area contributed by atoms with E-state index in [9.17, 15) is 18.0 Å². The number of rotatable bonds is 3. The maximum absolute atomic E-state index is 11.6. The van der Waals surface area contributed by atoms with Gasteiger partial charge in [0.15, 0.2) is 0 Å². The van der Waals surface area contributed by atoms with Gasteiger partial charge >= 0.3 is 5.97 Å². The summed E-state index contributed by atoms with van der Waals surface area (Å²) in [6, 6.07) is 0. The van der Waals surface area contributed by atoms with E-state index in [1.54, 1.807) is 0 Å². The number of sulfonamides is 1. The van der Waals surface area contributed by atoms with Crippen LogP contribution in [-0.2, 0) is 14.8 Å². The number of aromatic carboxylic acids is 1. The minimum atomic E-state index is -3.83. The van der Waals surface area contributed by atoms with E-state index in [1.807, 2.05) is 0 Å². The van der Waals surface area contributed by atoms with E-state index in [4.69, 9.17) is 10.2 Å². The average Bonchev–Trinajstić information content (AvgIpc) is 2.81. The lowest BCUT2D eigenvalue weighted by Crippen LogP contribution is -2.32. The first-order valence-corrected chi connectivity index (χ1v) is 6.37. The number of carboxylic acid groups (broad SMARTS) is 1. The van der Waals surface area contributed by atoms with Gasteiger partial charge < -0.3 is 5.11 Å². The average molecular weight is 275 g/mol. The summed E-state index contributed by atoms with van der Waals surface area (Å²) in [5.74, 6) is -2.46. The van der Waals surface area contributed by atoms with Crippen molar-refractivity contribution >= 4 is 27.8 Å². The number of aromatic amines is 1. The van der Waals surface area contributed by atoms with Crippen LogP contribution in [-0.4, -0.2) is 52.4 Å². The molecule has 0 aromatic carbocycles. The number of amides is 1. The second kappa shape index (κ2) is 4.03. The van der Waals surface area contributed by atoms with Gasteiger partial charge in [-0.1, -0.05) is 0 Å². The van der Waals surface area contributed by atoms with Crippen LogP contribution in [0.15, 0.2) is 0 Å². The van der Waals surface area contributed by atoms with Crippen molar-refractivity contribution in [2.75, 3.05) is 11.4 Å². The number of carboxylic acids is 1. The molecule has 1 aromatic heterocycles. The summed E-state index contributed by atoms with van der Waals surface area (Å²) in [4.78, 5) is 26.7. The number of aromatic nitrogens is 3. The van der Waals surface area contributed by atoms with Crippen molar-refractivity contribution in [2.24, 2.45) is 5.14 Å². The van der Waals surface area contributed by atoms with Crippen LogP contribution in [0.4, 0.5) is 5.95 Å². The molecule has 2 rings (SSSR count). The number of hydrogen-bond acceptors (Lipinski definition) is 6. The number of anilines is 1.